The summed E-state index contributed by atoms with van der Waals surface area (Å²) in [5.74, 6) is -0.497. The van der Waals surface area contributed by atoms with Gasteiger partial charge in [0.05, 0.1) is 10.9 Å². The van der Waals surface area contributed by atoms with Gasteiger partial charge in [0.1, 0.15) is 5.82 Å². The van der Waals surface area contributed by atoms with Gasteiger partial charge in [-0.25, -0.2) is 12.8 Å². The standard InChI is InChI=1S/C25H27FN2O2S/c1-19-8-11-22(12-9-19)25(21-6-4-3-5-7-21)27-14-16-28(17-15-27)31(29,30)23-13-10-20(2)24(26)18-23/h3-13,18,25H,14-17H2,1-2H3/t25-/m0/s1. The van der Waals surface area contributed by atoms with Crippen LogP contribution in [0.25, 0.3) is 0 Å². The fourth-order valence-corrected chi connectivity index (χ4v) is 5.52. The van der Waals surface area contributed by atoms with E-state index in [4.69, 9.17) is 0 Å². The number of hydrogen-bond donors (Lipinski definition) is 0. The maximum Gasteiger partial charge on any atom is 0.243 e. The number of aryl methyl sites for hydroxylation is 2. The molecule has 0 radical (unpaired) electrons. The second kappa shape index (κ2) is 8.91. The van der Waals surface area contributed by atoms with Crippen molar-refractivity contribution in [1.29, 1.82) is 0 Å². The van der Waals surface area contributed by atoms with E-state index in [9.17, 15) is 12.8 Å². The van der Waals surface area contributed by atoms with E-state index < -0.39 is 15.8 Å². The number of piperazine rings is 1. The summed E-state index contributed by atoms with van der Waals surface area (Å²) in [5.41, 5.74) is 4.02. The van der Waals surface area contributed by atoms with E-state index in [0.717, 1.165) is 6.07 Å². The smallest absolute Gasteiger partial charge is 0.243 e. The van der Waals surface area contributed by atoms with Crippen molar-refractivity contribution in [3.63, 3.8) is 0 Å². The molecule has 0 bridgehead atoms. The van der Waals surface area contributed by atoms with Gasteiger partial charge in [-0.05, 0) is 42.7 Å². The van der Waals surface area contributed by atoms with Crippen molar-refractivity contribution in [1.82, 2.24) is 9.21 Å². The summed E-state index contributed by atoms with van der Waals surface area (Å²) in [4.78, 5) is 2.34. The van der Waals surface area contributed by atoms with Crippen LogP contribution in [0.3, 0.4) is 0 Å². The summed E-state index contributed by atoms with van der Waals surface area (Å²) in [6, 6.07) is 23.0. The van der Waals surface area contributed by atoms with E-state index >= 15 is 0 Å². The highest BCUT2D eigenvalue weighted by Crippen LogP contribution is 2.31. The number of hydrogen-bond acceptors (Lipinski definition) is 3. The van der Waals surface area contributed by atoms with Gasteiger partial charge in [0.15, 0.2) is 0 Å². The molecule has 0 aliphatic carbocycles. The third-order valence-electron chi connectivity index (χ3n) is 5.93. The van der Waals surface area contributed by atoms with Crippen molar-refractivity contribution in [3.8, 4) is 0 Å². The van der Waals surface area contributed by atoms with E-state index in [0.29, 0.717) is 31.7 Å². The van der Waals surface area contributed by atoms with Gasteiger partial charge in [0.2, 0.25) is 10.0 Å². The third kappa shape index (κ3) is 4.56. The summed E-state index contributed by atoms with van der Waals surface area (Å²) >= 11 is 0. The Labute approximate surface area is 184 Å². The topological polar surface area (TPSA) is 40.6 Å². The van der Waals surface area contributed by atoms with Gasteiger partial charge >= 0.3 is 0 Å². The molecule has 3 aromatic carbocycles. The summed E-state index contributed by atoms with van der Waals surface area (Å²) in [7, 11) is -3.72. The number of sulfonamides is 1. The van der Waals surface area contributed by atoms with Crippen LogP contribution in [0.5, 0.6) is 0 Å². The number of halogens is 1. The maximum absolute atomic E-state index is 14.0. The van der Waals surface area contributed by atoms with Crippen LogP contribution in [-0.4, -0.2) is 43.8 Å². The molecule has 0 saturated carbocycles. The monoisotopic (exact) mass is 438 g/mol. The Morgan fingerprint density at radius 1 is 0.806 bits per heavy atom. The molecule has 0 unspecified atom stereocenters. The second-order valence-corrected chi connectivity index (χ2v) is 10.0. The summed E-state index contributed by atoms with van der Waals surface area (Å²) in [6.07, 6.45) is 0. The Morgan fingerprint density at radius 3 is 2.03 bits per heavy atom. The average molecular weight is 439 g/mol. The van der Waals surface area contributed by atoms with Crippen LogP contribution in [0.4, 0.5) is 4.39 Å². The Hall–Kier alpha value is -2.54. The Balaban J connectivity index is 1.56. The van der Waals surface area contributed by atoms with Gasteiger partial charge in [0.25, 0.3) is 0 Å². The fourth-order valence-electron chi connectivity index (χ4n) is 4.08. The number of benzene rings is 3. The van der Waals surface area contributed by atoms with Crippen molar-refractivity contribution in [3.05, 3.63) is 101 Å². The quantitative estimate of drug-likeness (QED) is 0.587. The number of nitrogens with zero attached hydrogens (tertiary/aromatic N) is 2. The van der Waals surface area contributed by atoms with Crippen molar-refractivity contribution in [2.24, 2.45) is 0 Å². The fraction of sp³-hybridized carbons (Fsp3) is 0.280. The minimum Gasteiger partial charge on any atom is -0.290 e. The Bertz CT molecular complexity index is 1140. The van der Waals surface area contributed by atoms with Crippen molar-refractivity contribution >= 4 is 10.0 Å². The lowest BCUT2D eigenvalue weighted by Crippen LogP contribution is -2.49. The van der Waals surface area contributed by atoms with E-state index in [-0.39, 0.29) is 10.9 Å². The SMILES string of the molecule is Cc1ccc([C@H](c2ccccc2)N2CCN(S(=O)(=O)c3ccc(C)c(F)c3)CC2)cc1. The van der Waals surface area contributed by atoms with Crippen molar-refractivity contribution in [2.45, 2.75) is 24.8 Å². The van der Waals surface area contributed by atoms with Crippen LogP contribution in [0, 0.1) is 19.7 Å². The van der Waals surface area contributed by atoms with Gasteiger partial charge in [-0.3, -0.25) is 4.90 Å². The molecule has 4 rings (SSSR count). The van der Waals surface area contributed by atoms with Crippen molar-refractivity contribution < 1.29 is 12.8 Å². The lowest BCUT2D eigenvalue weighted by molar-refractivity contribution is 0.156. The first-order valence-corrected chi connectivity index (χ1v) is 11.9. The lowest BCUT2D eigenvalue weighted by atomic mass is 9.96. The molecule has 31 heavy (non-hydrogen) atoms. The zero-order valence-corrected chi connectivity index (χ0v) is 18.6. The molecule has 1 atom stereocenters. The normalized spacial score (nSPS) is 16.9. The molecule has 1 saturated heterocycles. The molecule has 0 spiro atoms. The predicted molar refractivity (Wildman–Crippen MR) is 121 cm³/mol. The van der Waals surface area contributed by atoms with Crippen LogP contribution in [0.15, 0.2) is 77.7 Å². The molecule has 3 aromatic rings. The van der Waals surface area contributed by atoms with Gasteiger partial charge in [-0.2, -0.15) is 4.31 Å². The molecular formula is C25H27FN2O2S. The summed E-state index contributed by atoms with van der Waals surface area (Å²) in [5, 5.41) is 0. The molecule has 4 nitrogen and oxygen atoms in total. The molecule has 1 heterocycles. The number of rotatable bonds is 5. The van der Waals surface area contributed by atoms with Crippen molar-refractivity contribution in [2.75, 3.05) is 26.2 Å². The molecule has 1 aliphatic rings. The van der Waals surface area contributed by atoms with Gasteiger partial charge in [0, 0.05) is 26.2 Å². The van der Waals surface area contributed by atoms with Gasteiger partial charge < -0.3 is 0 Å². The Morgan fingerprint density at radius 2 is 1.42 bits per heavy atom. The molecule has 1 fully saturated rings. The van der Waals surface area contributed by atoms with E-state index in [2.05, 4.69) is 48.2 Å². The highest BCUT2D eigenvalue weighted by molar-refractivity contribution is 7.89. The first-order valence-electron chi connectivity index (χ1n) is 10.5. The van der Waals surface area contributed by atoms with Crippen LogP contribution in [0.1, 0.15) is 28.3 Å². The highest BCUT2D eigenvalue weighted by atomic mass is 32.2. The first-order chi connectivity index (χ1) is 14.9. The Kier molecular flexibility index (Phi) is 6.23. The summed E-state index contributed by atoms with van der Waals surface area (Å²) in [6.45, 7) is 5.63. The van der Waals surface area contributed by atoms with Gasteiger partial charge in [-0.1, -0.05) is 66.2 Å². The van der Waals surface area contributed by atoms with E-state index in [1.807, 2.05) is 18.2 Å². The maximum atomic E-state index is 14.0. The summed E-state index contributed by atoms with van der Waals surface area (Å²) < 4.78 is 41.5. The van der Waals surface area contributed by atoms with Crippen LogP contribution in [0.2, 0.25) is 0 Å². The molecule has 6 heteroatoms. The lowest BCUT2D eigenvalue weighted by Gasteiger charge is -2.39. The highest BCUT2D eigenvalue weighted by Gasteiger charge is 2.32. The van der Waals surface area contributed by atoms with Crippen LogP contribution >= 0.6 is 0 Å². The zero-order chi connectivity index (χ0) is 22.0. The largest absolute Gasteiger partial charge is 0.290 e. The molecule has 0 N–H and O–H groups in total. The third-order valence-corrected chi connectivity index (χ3v) is 7.82. The van der Waals surface area contributed by atoms with Gasteiger partial charge in [-0.15, -0.1) is 0 Å². The average Bonchev–Trinajstić information content (AvgIpc) is 2.78. The zero-order valence-electron chi connectivity index (χ0n) is 17.8. The molecular weight excluding hydrogens is 411 g/mol. The van der Waals surface area contributed by atoms with E-state index in [1.165, 1.54) is 33.1 Å². The van der Waals surface area contributed by atoms with Crippen LogP contribution < -0.4 is 0 Å². The minimum absolute atomic E-state index is 0.0159. The molecule has 162 valence electrons. The first kappa shape index (κ1) is 21.7. The molecule has 1 aliphatic heterocycles. The molecule has 0 amide bonds. The minimum atomic E-state index is -3.72. The van der Waals surface area contributed by atoms with Crippen LogP contribution in [-0.2, 0) is 10.0 Å². The predicted octanol–water partition coefficient (Wildman–Crippen LogP) is 4.54. The second-order valence-electron chi connectivity index (χ2n) is 8.07. The molecule has 0 aromatic heterocycles. The van der Waals surface area contributed by atoms with E-state index in [1.54, 1.807) is 6.92 Å².